The second-order valence-corrected chi connectivity index (χ2v) is 6.94. The van der Waals surface area contributed by atoms with Crippen molar-refractivity contribution in [3.63, 3.8) is 0 Å². The molecule has 1 fully saturated rings. The standard InChI is InChI=1S/C22H24O3/c1-16(2)20(23)11-12-21(24)25-22(13-5-6-14-22)19-10-9-17-7-3-4-8-18(17)15-19/h3-4,7-10,15H,1,5-6,11-14H2,2H3. The number of benzene rings is 2. The Bertz CT molecular complexity index is 813. The molecule has 3 heteroatoms. The summed E-state index contributed by atoms with van der Waals surface area (Å²) in [5, 5.41) is 2.33. The summed E-state index contributed by atoms with van der Waals surface area (Å²) in [5.74, 6) is -0.382. The lowest BCUT2D eigenvalue weighted by molar-refractivity contribution is -0.161. The van der Waals surface area contributed by atoms with Crippen molar-refractivity contribution < 1.29 is 14.3 Å². The second kappa shape index (κ2) is 7.22. The Morgan fingerprint density at radius 2 is 1.72 bits per heavy atom. The van der Waals surface area contributed by atoms with E-state index in [1.165, 1.54) is 5.39 Å². The molecule has 2 aromatic carbocycles. The second-order valence-electron chi connectivity index (χ2n) is 6.94. The van der Waals surface area contributed by atoms with Crippen LogP contribution in [0.15, 0.2) is 54.6 Å². The van der Waals surface area contributed by atoms with Crippen LogP contribution >= 0.6 is 0 Å². The van der Waals surface area contributed by atoms with Crippen LogP contribution in [-0.2, 0) is 19.9 Å². The Kier molecular flexibility index (Phi) is 5.03. The summed E-state index contributed by atoms with van der Waals surface area (Å²) in [6, 6.07) is 14.5. The Balaban J connectivity index is 1.79. The van der Waals surface area contributed by atoms with Gasteiger partial charge in [0.1, 0.15) is 5.60 Å². The number of allylic oxidation sites excluding steroid dienone is 1. The smallest absolute Gasteiger partial charge is 0.307 e. The summed E-state index contributed by atoms with van der Waals surface area (Å²) in [5.41, 5.74) is 0.995. The first kappa shape index (κ1) is 17.4. The fourth-order valence-corrected chi connectivity index (χ4v) is 3.57. The molecule has 0 unspecified atom stereocenters. The molecule has 1 aliphatic rings. The predicted octanol–water partition coefficient (Wildman–Crippen LogP) is 5.08. The van der Waals surface area contributed by atoms with Crippen LogP contribution in [0.3, 0.4) is 0 Å². The minimum atomic E-state index is -0.548. The number of carbonyl (C=O) groups excluding carboxylic acids is 2. The molecule has 3 nitrogen and oxygen atoms in total. The van der Waals surface area contributed by atoms with E-state index in [1.807, 2.05) is 12.1 Å². The SMILES string of the molecule is C=C(C)C(=O)CCC(=O)OC1(c2ccc3ccccc3c2)CCCC1. The number of esters is 1. The van der Waals surface area contributed by atoms with E-state index in [1.54, 1.807) is 6.92 Å². The highest BCUT2D eigenvalue weighted by molar-refractivity contribution is 5.95. The highest BCUT2D eigenvalue weighted by atomic mass is 16.6. The Hall–Kier alpha value is -2.42. The fraction of sp³-hybridized carbons (Fsp3) is 0.364. The monoisotopic (exact) mass is 336 g/mol. The zero-order valence-electron chi connectivity index (χ0n) is 14.7. The highest BCUT2D eigenvalue weighted by Crippen LogP contribution is 2.43. The molecule has 1 saturated carbocycles. The summed E-state index contributed by atoms with van der Waals surface area (Å²) in [7, 11) is 0. The van der Waals surface area contributed by atoms with Gasteiger partial charge in [-0.15, -0.1) is 0 Å². The van der Waals surface area contributed by atoms with Crippen molar-refractivity contribution in [1.29, 1.82) is 0 Å². The van der Waals surface area contributed by atoms with Gasteiger partial charge in [0.15, 0.2) is 5.78 Å². The van der Waals surface area contributed by atoms with Crippen LogP contribution in [-0.4, -0.2) is 11.8 Å². The topological polar surface area (TPSA) is 43.4 Å². The van der Waals surface area contributed by atoms with Gasteiger partial charge in [-0.1, -0.05) is 43.0 Å². The number of Topliss-reactive ketones (excluding diaryl/α,β-unsaturated/α-hetero) is 1. The van der Waals surface area contributed by atoms with E-state index in [2.05, 4.69) is 36.9 Å². The number of hydrogen-bond acceptors (Lipinski definition) is 3. The molecule has 0 bridgehead atoms. The van der Waals surface area contributed by atoms with Crippen molar-refractivity contribution in [2.75, 3.05) is 0 Å². The van der Waals surface area contributed by atoms with Crippen molar-refractivity contribution >= 4 is 22.5 Å². The number of carbonyl (C=O) groups is 2. The maximum atomic E-state index is 12.4. The molecule has 0 spiro atoms. The van der Waals surface area contributed by atoms with E-state index < -0.39 is 5.60 Å². The van der Waals surface area contributed by atoms with Gasteiger partial charge in [-0.3, -0.25) is 9.59 Å². The molecular formula is C22H24O3. The van der Waals surface area contributed by atoms with E-state index >= 15 is 0 Å². The maximum absolute atomic E-state index is 12.4. The van der Waals surface area contributed by atoms with Crippen LogP contribution in [0.25, 0.3) is 10.8 Å². The number of hydrogen-bond donors (Lipinski definition) is 0. The Morgan fingerprint density at radius 3 is 2.40 bits per heavy atom. The van der Waals surface area contributed by atoms with Crippen molar-refractivity contribution in [1.82, 2.24) is 0 Å². The molecule has 25 heavy (non-hydrogen) atoms. The zero-order valence-corrected chi connectivity index (χ0v) is 14.7. The largest absolute Gasteiger partial charge is 0.454 e. The van der Waals surface area contributed by atoms with Gasteiger partial charge in [-0.05, 0) is 60.6 Å². The average molecular weight is 336 g/mol. The highest BCUT2D eigenvalue weighted by Gasteiger charge is 2.39. The van der Waals surface area contributed by atoms with E-state index in [0.29, 0.717) is 5.57 Å². The molecule has 0 aliphatic heterocycles. The van der Waals surface area contributed by atoms with Gasteiger partial charge in [0.05, 0.1) is 6.42 Å². The van der Waals surface area contributed by atoms with Crippen LogP contribution in [0.2, 0.25) is 0 Å². The normalized spacial score (nSPS) is 15.9. The van der Waals surface area contributed by atoms with Crippen molar-refractivity contribution in [2.24, 2.45) is 0 Å². The summed E-state index contributed by atoms with van der Waals surface area (Å²) in [4.78, 5) is 24.0. The predicted molar refractivity (Wildman–Crippen MR) is 99.2 cm³/mol. The number of rotatable bonds is 6. The molecular weight excluding hydrogens is 312 g/mol. The first-order valence-corrected chi connectivity index (χ1v) is 8.90. The molecule has 0 saturated heterocycles. The van der Waals surface area contributed by atoms with Crippen molar-refractivity contribution in [3.05, 3.63) is 60.2 Å². The van der Waals surface area contributed by atoms with E-state index in [-0.39, 0.29) is 24.6 Å². The minimum Gasteiger partial charge on any atom is -0.454 e. The molecule has 0 radical (unpaired) electrons. The van der Waals surface area contributed by atoms with Gasteiger partial charge < -0.3 is 4.74 Å². The molecule has 0 heterocycles. The zero-order chi connectivity index (χ0) is 17.9. The molecule has 0 aromatic heterocycles. The van der Waals surface area contributed by atoms with Gasteiger partial charge >= 0.3 is 5.97 Å². The minimum absolute atomic E-state index is 0.0804. The Morgan fingerprint density at radius 1 is 1.04 bits per heavy atom. The van der Waals surface area contributed by atoms with Crippen molar-refractivity contribution in [2.45, 2.75) is 51.0 Å². The summed E-state index contributed by atoms with van der Waals surface area (Å²) in [6.45, 7) is 5.29. The number of fused-ring (bicyclic) bond motifs is 1. The van der Waals surface area contributed by atoms with Crippen molar-refractivity contribution in [3.8, 4) is 0 Å². The van der Waals surface area contributed by atoms with Gasteiger partial charge in [0.25, 0.3) is 0 Å². The Labute approximate surface area is 148 Å². The van der Waals surface area contributed by atoms with E-state index in [4.69, 9.17) is 4.74 Å². The van der Waals surface area contributed by atoms with Gasteiger partial charge in [-0.25, -0.2) is 0 Å². The maximum Gasteiger partial charge on any atom is 0.307 e. The molecule has 3 rings (SSSR count). The lowest BCUT2D eigenvalue weighted by atomic mass is 9.90. The van der Waals surface area contributed by atoms with Crippen LogP contribution < -0.4 is 0 Å². The van der Waals surface area contributed by atoms with Crippen LogP contribution in [0, 0.1) is 0 Å². The van der Waals surface area contributed by atoms with Gasteiger partial charge in [0.2, 0.25) is 0 Å². The lowest BCUT2D eigenvalue weighted by Crippen LogP contribution is -2.29. The summed E-state index contributed by atoms with van der Waals surface area (Å²) in [6.07, 6.45) is 4.05. The number of ketones is 1. The van der Waals surface area contributed by atoms with E-state index in [0.717, 1.165) is 36.6 Å². The first-order chi connectivity index (χ1) is 12.0. The van der Waals surface area contributed by atoms with Crippen LogP contribution in [0.1, 0.15) is 51.0 Å². The summed E-state index contributed by atoms with van der Waals surface area (Å²) >= 11 is 0. The molecule has 2 aromatic rings. The number of ether oxygens (including phenoxy) is 1. The van der Waals surface area contributed by atoms with E-state index in [9.17, 15) is 9.59 Å². The molecule has 0 amide bonds. The molecule has 1 aliphatic carbocycles. The average Bonchev–Trinajstić information content (AvgIpc) is 3.08. The molecule has 0 atom stereocenters. The third kappa shape index (κ3) is 3.81. The van der Waals surface area contributed by atoms with Crippen LogP contribution in [0.4, 0.5) is 0 Å². The summed E-state index contributed by atoms with van der Waals surface area (Å²) < 4.78 is 5.94. The fourth-order valence-electron chi connectivity index (χ4n) is 3.57. The van der Waals surface area contributed by atoms with Gasteiger partial charge in [0, 0.05) is 6.42 Å². The molecule has 130 valence electrons. The quantitative estimate of drug-likeness (QED) is 0.546. The third-order valence-corrected chi connectivity index (χ3v) is 5.03. The molecule has 0 N–H and O–H groups in total. The van der Waals surface area contributed by atoms with Gasteiger partial charge in [-0.2, -0.15) is 0 Å². The third-order valence-electron chi connectivity index (χ3n) is 5.03. The van der Waals surface area contributed by atoms with Crippen LogP contribution in [0.5, 0.6) is 0 Å². The first-order valence-electron chi connectivity index (χ1n) is 8.90. The lowest BCUT2D eigenvalue weighted by Gasteiger charge is -2.30.